The van der Waals surface area contributed by atoms with Crippen molar-refractivity contribution in [2.24, 2.45) is 0 Å². The SMILES string of the molecule is O=C(NCc1cc(Cl)c2c(c1)OCCCO2)c1nccnc1-c1nc2ccccc2s1. The van der Waals surface area contributed by atoms with Crippen molar-refractivity contribution in [2.75, 3.05) is 13.2 Å². The number of halogens is 1. The average molecular weight is 453 g/mol. The molecule has 0 spiro atoms. The van der Waals surface area contributed by atoms with Gasteiger partial charge < -0.3 is 14.8 Å². The molecule has 1 N–H and O–H groups in total. The molecule has 4 aromatic rings. The number of hydrogen-bond acceptors (Lipinski definition) is 7. The van der Waals surface area contributed by atoms with Crippen molar-refractivity contribution < 1.29 is 14.3 Å². The molecule has 1 amide bonds. The van der Waals surface area contributed by atoms with E-state index in [1.54, 1.807) is 12.3 Å². The largest absolute Gasteiger partial charge is 0.489 e. The van der Waals surface area contributed by atoms with Crippen molar-refractivity contribution in [3.8, 4) is 22.2 Å². The third-order valence-corrected chi connectivity index (χ3v) is 6.05. The van der Waals surface area contributed by atoms with Gasteiger partial charge in [0, 0.05) is 25.4 Å². The second-order valence-corrected chi connectivity index (χ2v) is 8.32. The van der Waals surface area contributed by atoms with Crippen LogP contribution >= 0.6 is 22.9 Å². The Morgan fingerprint density at radius 2 is 1.97 bits per heavy atom. The number of hydrogen-bond donors (Lipinski definition) is 1. The van der Waals surface area contributed by atoms with E-state index in [1.165, 1.54) is 17.5 Å². The summed E-state index contributed by atoms with van der Waals surface area (Å²) in [5, 5.41) is 4.00. The van der Waals surface area contributed by atoms with Crippen molar-refractivity contribution in [1.82, 2.24) is 20.3 Å². The van der Waals surface area contributed by atoms with E-state index >= 15 is 0 Å². The molecular formula is C22H17ClN4O3S. The standard InChI is InChI=1S/C22H17ClN4O3S/c23-14-10-13(11-16-20(14)30-9-3-8-29-16)12-26-21(28)18-19(25-7-6-24-18)22-27-15-4-1-2-5-17(15)31-22/h1-2,4-7,10-11H,3,8-9,12H2,(H,26,28). The fraction of sp³-hybridized carbons (Fsp3) is 0.182. The summed E-state index contributed by atoms with van der Waals surface area (Å²) in [6.45, 7) is 1.37. The highest BCUT2D eigenvalue weighted by Crippen LogP contribution is 2.38. The smallest absolute Gasteiger partial charge is 0.272 e. The first kappa shape index (κ1) is 19.7. The molecule has 0 saturated heterocycles. The molecule has 7 nitrogen and oxygen atoms in total. The van der Waals surface area contributed by atoms with Crippen molar-refractivity contribution >= 4 is 39.1 Å². The molecule has 2 aromatic carbocycles. The highest BCUT2D eigenvalue weighted by molar-refractivity contribution is 7.21. The fourth-order valence-corrected chi connectivity index (χ4v) is 4.54. The minimum Gasteiger partial charge on any atom is -0.489 e. The summed E-state index contributed by atoms with van der Waals surface area (Å²) in [6.07, 6.45) is 3.84. The first-order valence-corrected chi connectivity index (χ1v) is 10.9. The summed E-state index contributed by atoms with van der Waals surface area (Å²) in [4.78, 5) is 26.2. The van der Waals surface area contributed by atoms with Crippen LogP contribution in [0.15, 0.2) is 48.8 Å². The summed E-state index contributed by atoms with van der Waals surface area (Å²) in [5.74, 6) is 0.788. The number of benzene rings is 2. The monoisotopic (exact) mass is 452 g/mol. The Labute approximate surface area is 187 Å². The molecule has 0 fully saturated rings. The van der Waals surface area contributed by atoms with Gasteiger partial charge in [-0.2, -0.15) is 0 Å². The van der Waals surface area contributed by atoms with Crippen LogP contribution in [0.25, 0.3) is 20.9 Å². The number of fused-ring (bicyclic) bond motifs is 2. The van der Waals surface area contributed by atoms with Crippen molar-refractivity contribution in [1.29, 1.82) is 0 Å². The molecule has 5 rings (SSSR count). The van der Waals surface area contributed by atoms with Gasteiger partial charge >= 0.3 is 0 Å². The zero-order valence-electron chi connectivity index (χ0n) is 16.3. The normalized spacial score (nSPS) is 13.1. The summed E-state index contributed by atoms with van der Waals surface area (Å²) < 4.78 is 12.4. The lowest BCUT2D eigenvalue weighted by Crippen LogP contribution is -2.25. The van der Waals surface area contributed by atoms with Crippen LogP contribution in [0.3, 0.4) is 0 Å². The Bertz CT molecular complexity index is 1240. The van der Waals surface area contributed by atoms with Crippen molar-refractivity contribution in [2.45, 2.75) is 13.0 Å². The van der Waals surface area contributed by atoms with Crippen LogP contribution in [0.5, 0.6) is 11.5 Å². The lowest BCUT2D eigenvalue weighted by Gasteiger charge is -2.12. The zero-order valence-corrected chi connectivity index (χ0v) is 17.9. The minimum atomic E-state index is -0.342. The molecule has 2 aromatic heterocycles. The molecule has 9 heteroatoms. The van der Waals surface area contributed by atoms with Gasteiger partial charge in [0.25, 0.3) is 5.91 Å². The number of thiazole rings is 1. The maximum atomic E-state index is 12.9. The number of ether oxygens (including phenoxy) is 2. The number of rotatable bonds is 4. The van der Waals surface area contributed by atoms with E-state index in [9.17, 15) is 4.79 Å². The minimum absolute atomic E-state index is 0.224. The van der Waals surface area contributed by atoms with Crippen LogP contribution in [0.2, 0.25) is 5.02 Å². The highest BCUT2D eigenvalue weighted by atomic mass is 35.5. The number of aromatic nitrogens is 3. The highest BCUT2D eigenvalue weighted by Gasteiger charge is 2.20. The maximum Gasteiger partial charge on any atom is 0.272 e. The number of carbonyl (C=O) groups is 1. The summed E-state index contributed by atoms with van der Waals surface area (Å²) in [6, 6.07) is 11.4. The molecule has 156 valence electrons. The van der Waals surface area contributed by atoms with Gasteiger partial charge in [0.05, 0.1) is 28.5 Å². The Kier molecular flexibility index (Phi) is 5.40. The van der Waals surface area contributed by atoms with Crippen LogP contribution in [0.1, 0.15) is 22.5 Å². The Morgan fingerprint density at radius 1 is 1.13 bits per heavy atom. The van der Waals surface area contributed by atoms with Gasteiger partial charge in [-0.3, -0.25) is 4.79 Å². The molecule has 3 heterocycles. The summed E-state index contributed by atoms with van der Waals surface area (Å²) >= 11 is 7.82. The second-order valence-electron chi connectivity index (χ2n) is 6.88. The van der Waals surface area contributed by atoms with Gasteiger partial charge in [0.15, 0.2) is 17.2 Å². The predicted octanol–water partition coefficient (Wildman–Crippen LogP) is 4.50. The van der Waals surface area contributed by atoms with Gasteiger partial charge in [-0.05, 0) is 29.8 Å². The molecule has 1 aliphatic heterocycles. The zero-order chi connectivity index (χ0) is 21.2. The molecule has 0 aliphatic carbocycles. The third kappa shape index (κ3) is 4.04. The Balaban J connectivity index is 1.38. The maximum absolute atomic E-state index is 12.9. The van der Waals surface area contributed by atoms with Gasteiger partial charge in [-0.1, -0.05) is 23.7 Å². The third-order valence-electron chi connectivity index (χ3n) is 4.72. The lowest BCUT2D eigenvalue weighted by atomic mass is 10.2. The number of para-hydroxylation sites is 1. The van der Waals surface area contributed by atoms with E-state index in [2.05, 4.69) is 20.3 Å². The Morgan fingerprint density at radius 3 is 2.87 bits per heavy atom. The molecule has 0 bridgehead atoms. The van der Waals surface area contributed by atoms with Gasteiger partial charge in [-0.25, -0.2) is 15.0 Å². The summed E-state index contributed by atoms with van der Waals surface area (Å²) in [5.41, 5.74) is 2.34. The first-order chi connectivity index (χ1) is 15.2. The number of amides is 1. The molecule has 0 atom stereocenters. The quantitative estimate of drug-likeness (QED) is 0.490. The van der Waals surface area contributed by atoms with Crippen LogP contribution in [0, 0.1) is 0 Å². The van der Waals surface area contributed by atoms with Crippen LogP contribution in [-0.4, -0.2) is 34.1 Å². The Hall–Kier alpha value is -3.23. The predicted molar refractivity (Wildman–Crippen MR) is 119 cm³/mol. The molecule has 0 saturated carbocycles. The average Bonchev–Trinajstić information content (AvgIpc) is 3.08. The van der Waals surface area contributed by atoms with Crippen LogP contribution in [0.4, 0.5) is 0 Å². The number of nitrogens with one attached hydrogen (secondary N) is 1. The van der Waals surface area contributed by atoms with E-state index in [0.717, 1.165) is 22.2 Å². The molecule has 0 radical (unpaired) electrons. The van der Waals surface area contributed by atoms with Crippen molar-refractivity contribution in [3.05, 3.63) is 65.1 Å². The second kappa shape index (κ2) is 8.49. The van der Waals surface area contributed by atoms with Crippen LogP contribution < -0.4 is 14.8 Å². The van der Waals surface area contributed by atoms with Crippen molar-refractivity contribution in [3.63, 3.8) is 0 Å². The van der Waals surface area contributed by atoms with Gasteiger partial charge in [0.1, 0.15) is 10.7 Å². The molecule has 31 heavy (non-hydrogen) atoms. The van der Waals surface area contributed by atoms with E-state index < -0.39 is 0 Å². The van der Waals surface area contributed by atoms with E-state index in [1.807, 2.05) is 30.3 Å². The first-order valence-electron chi connectivity index (χ1n) is 9.72. The number of nitrogens with zero attached hydrogens (tertiary/aromatic N) is 3. The molecular weight excluding hydrogens is 436 g/mol. The van der Waals surface area contributed by atoms with Gasteiger partial charge in [0.2, 0.25) is 0 Å². The topological polar surface area (TPSA) is 86.2 Å². The number of carbonyl (C=O) groups excluding carboxylic acids is 1. The van der Waals surface area contributed by atoms with Gasteiger partial charge in [-0.15, -0.1) is 11.3 Å². The molecule has 0 unspecified atom stereocenters. The van der Waals surface area contributed by atoms with Crippen LogP contribution in [-0.2, 0) is 6.54 Å². The molecule has 1 aliphatic rings. The van der Waals surface area contributed by atoms with E-state index in [4.69, 9.17) is 21.1 Å². The lowest BCUT2D eigenvalue weighted by molar-refractivity contribution is 0.0946. The summed E-state index contributed by atoms with van der Waals surface area (Å²) in [7, 11) is 0. The van der Waals surface area contributed by atoms with E-state index in [0.29, 0.717) is 40.4 Å². The van der Waals surface area contributed by atoms with E-state index in [-0.39, 0.29) is 18.1 Å². The fourth-order valence-electron chi connectivity index (χ4n) is 3.29.